The number of carbonyl (C=O) groups is 2. The number of hydrogen-bond acceptors (Lipinski definition) is 4. The molecule has 1 aromatic carbocycles. The van der Waals surface area contributed by atoms with Crippen molar-refractivity contribution in [1.29, 1.82) is 5.26 Å². The molecule has 2 aliphatic heterocycles. The van der Waals surface area contributed by atoms with Gasteiger partial charge in [-0.25, -0.2) is 0 Å². The fraction of sp³-hybridized carbons (Fsp3) is 0.550. The number of rotatable bonds is 5. The zero-order valence-electron chi connectivity index (χ0n) is 15.3. The van der Waals surface area contributed by atoms with E-state index in [1.54, 1.807) is 6.07 Å². The number of nitrogens with zero attached hydrogens (tertiary/aromatic N) is 3. The minimum absolute atomic E-state index is 0.0816. The summed E-state index contributed by atoms with van der Waals surface area (Å²) >= 11 is 0. The maximum atomic E-state index is 12.5. The number of carbonyl (C=O) groups excluding carboxylic acids is 2. The number of piperidine rings is 1. The first-order valence-corrected chi connectivity index (χ1v) is 9.40. The molecule has 138 valence electrons. The molecule has 1 aromatic rings. The molecule has 0 radical (unpaired) electrons. The first-order chi connectivity index (χ1) is 12.6. The number of amides is 2. The Morgan fingerprint density at radius 2 is 2.12 bits per heavy atom. The molecule has 0 aliphatic carbocycles. The van der Waals surface area contributed by atoms with Crippen LogP contribution in [0.3, 0.4) is 0 Å². The van der Waals surface area contributed by atoms with Gasteiger partial charge in [0.25, 0.3) is 0 Å². The number of hydrogen-bond donors (Lipinski definition) is 1. The van der Waals surface area contributed by atoms with Gasteiger partial charge in [0, 0.05) is 38.9 Å². The lowest BCUT2D eigenvalue weighted by atomic mass is 9.95. The number of unbranched alkanes of at least 4 members (excludes halogenated alkanes) is 1. The molecular weight excluding hydrogens is 328 g/mol. The predicted octanol–water partition coefficient (Wildman–Crippen LogP) is 2.00. The van der Waals surface area contributed by atoms with E-state index in [1.807, 2.05) is 28.0 Å². The topological polar surface area (TPSA) is 76.4 Å². The molecule has 1 N–H and O–H groups in total. The molecule has 0 bridgehead atoms. The van der Waals surface area contributed by atoms with E-state index in [0.29, 0.717) is 38.2 Å². The van der Waals surface area contributed by atoms with Crippen LogP contribution in [0, 0.1) is 11.3 Å². The van der Waals surface area contributed by atoms with E-state index in [0.717, 1.165) is 31.2 Å². The fourth-order valence-electron chi connectivity index (χ4n) is 3.89. The lowest BCUT2D eigenvalue weighted by Crippen LogP contribution is -2.58. The van der Waals surface area contributed by atoms with Gasteiger partial charge in [-0.1, -0.05) is 25.5 Å². The average Bonchev–Trinajstić information content (AvgIpc) is 2.96. The van der Waals surface area contributed by atoms with Crippen LogP contribution in [0.15, 0.2) is 24.3 Å². The van der Waals surface area contributed by atoms with E-state index in [2.05, 4.69) is 18.3 Å². The molecule has 2 heterocycles. The highest BCUT2D eigenvalue weighted by Gasteiger charge is 2.47. The first kappa shape index (κ1) is 18.4. The lowest BCUT2D eigenvalue weighted by molar-refractivity contribution is -0.137. The van der Waals surface area contributed by atoms with Gasteiger partial charge >= 0.3 is 0 Å². The Morgan fingerprint density at radius 3 is 2.81 bits per heavy atom. The molecule has 0 atom stereocenters. The number of likely N-dealkylation sites (tertiary alicyclic amines) is 1. The van der Waals surface area contributed by atoms with Crippen molar-refractivity contribution >= 4 is 11.8 Å². The molecule has 2 aliphatic rings. The van der Waals surface area contributed by atoms with Crippen molar-refractivity contribution in [2.24, 2.45) is 0 Å². The highest BCUT2D eigenvalue weighted by Crippen LogP contribution is 2.32. The maximum Gasteiger partial charge on any atom is 0.238 e. The maximum absolute atomic E-state index is 12.5. The quantitative estimate of drug-likeness (QED) is 0.877. The molecule has 2 amide bonds. The van der Waals surface area contributed by atoms with Gasteiger partial charge in [-0.2, -0.15) is 5.26 Å². The van der Waals surface area contributed by atoms with Crippen molar-refractivity contribution in [2.45, 2.75) is 51.2 Å². The molecule has 6 heteroatoms. The SMILES string of the molecule is CCCCC(=O)N1CCC2(CC1)NCC(=O)N2Cc1cccc(C#N)c1. The van der Waals surface area contributed by atoms with E-state index in [9.17, 15) is 9.59 Å². The van der Waals surface area contributed by atoms with Crippen LogP contribution in [-0.2, 0) is 16.1 Å². The van der Waals surface area contributed by atoms with Gasteiger partial charge < -0.3 is 9.80 Å². The summed E-state index contributed by atoms with van der Waals surface area (Å²) in [6.45, 7) is 4.27. The van der Waals surface area contributed by atoms with Crippen LogP contribution in [0.4, 0.5) is 0 Å². The lowest BCUT2D eigenvalue weighted by Gasteiger charge is -2.44. The van der Waals surface area contributed by atoms with E-state index in [-0.39, 0.29) is 17.5 Å². The van der Waals surface area contributed by atoms with Crippen LogP contribution in [0.25, 0.3) is 0 Å². The second-order valence-corrected chi connectivity index (χ2v) is 7.16. The molecule has 3 rings (SSSR count). The molecule has 6 nitrogen and oxygen atoms in total. The Bertz CT molecular complexity index is 717. The van der Waals surface area contributed by atoms with Crippen LogP contribution in [-0.4, -0.2) is 46.9 Å². The molecule has 0 unspecified atom stereocenters. The molecule has 2 saturated heterocycles. The summed E-state index contributed by atoms with van der Waals surface area (Å²) in [5, 5.41) is 12.5. The predicted molar refractivity (Wildman–Crippen MR) is 97.8 cm³/mol. The van der Waals surface area contributed by atoms with Crippen LogP contribution in [0.5, 0.6) is 0 Å². The zero-order chi connectivity index (χ0) is 18.6. The van der Waals surface area contributed by atoms with Crippen molar-refractivity contribution in [1.82, 2.24) is 15.1 Å². The monoisotopic (exact) mass is 354 g/mol. The fourth-order valence-corrected chi connectivity index (χ4v) is 3.89. The Labute approximate surface area is 154 Å². The van der Waals surface area contributed by atoms with Crippen molar-refractivity contribution in [3.8, 4) is 6.07 Å². The van der Waals surface area contributed by atoms with Gasteiger partial charge in [-0.15, -0.1) is 0 Å². The number of nitriles is 1. The second-order valence-electron chi connectivity index (χ2n) is 7.16. The largest absolute Gasteiger partial charge is 0.342 e. The van der Waals surface area contributed by atoms with E-state index < -0.39 is 0 Å². The highest BCUT2D eigenvalue weighted by atomic mass is 16.2. The molecule has 26 heavy (non-hydrogen) atoms. The first-order valence-electron chi connectivity index (χ1n) is 9.40. The molecule has 2 fully saturated rings. The van der Waals surface area contributed by atoms with Crippen molar-refractivity contribution in [3.05, 3.63) is 35.4 Å². The highest BCUT2D eigenvalue weighted by molar-refractivity contribution is 5.82. The molecule has 0 saturated carbocycles. The summed E-state index contributed by atoms with van der Waals surface area (Å²) in [7, 11) is 0. The third kappa shape index (κ3) is 3.73. The van der Waals surface area contributed by atoms with E-state index >= 15 is 0 Å². The van der Waals surface area contributed by atoms with Crippen molar-refractivity contribution in [3.63, 3.8) is 0 Å². The normalized spacial score (nSPS) is 19.0. The third-order valence-electron chi connectivity index (χ3n) is 5.47. The summed E-state index contributed by atoms with van der Waals surface area (Å²) in [6, 6.07) is 9.55. The van der Waals surface area contributed by atoms with Gasteiger partial charge in [0.15, 0.2) is 0 Å². The summed E-state index contributed by atoms with van der Waals surface area (Å²) in [5.41, 5.74) is 1.19. The minimum Gasteiger partial charge on any atom is -0.342 e. The number of nitrogens with one attached hydrogen (secondary N) is 1. The Hall–Kier alpha value is -2.39. The van der Waals surface area contributed by atoms with Gasteiger partial charge in [0.1, 0.15) is 0 Å². The Balaban J connectivity index is 1.68. The zero-order valence-corrected chi connectivity index (χ0v) is 15.3. The van der Waals surface area contributed by atoms with Crippen molar-refractivity contribution < 1.29 is 9.59 Å². The molecule has 1 spiro atoms. The Morgan fingerprint density at radius 1 is 1.35 bits per heavy atom. The molecular formula is C20H26N4O2. The summed E-state index contributed by atoms with van der Waals surface area (Å²) < 4.78 is 0. The Kier molecular flexibility index (Phi) is 5.58. The van der Waals surface area contributed by atoms with Crippen LogP contribution in [0.1, 0.15) is 50.2 Å². The summed E-state index contributed by atoms with van der Waals surface area (Å²) in [5.74, 6) is 0.303. The van der Waals surface area contributed by atoms with Gasteiger partial charge in [0.05, 0.1) is 23.8 Å². The second kappa shape index (κ2) is 7.88. The van der Waals surface area contributed by atoms with Gasteiger partial charge in [-0.3, -0.25) is 14.9 Å². The average molecular weight is 354 g/mol. The minimum atomic E-state index is -0.374. The van der Waals surface area contributed by atoms with Gasteiger partial charge in [0.2, 0.25) is 11.8 Å². The van der Waals surface area contributed by atoms with Crippen LogP contribution < -0.4 is 5.32 Å². The van der Waals surface area contributed by atoms with Gasteiger partial charge in [-0.05, 0) is 24.1 Å². The smallest absolute Gasteiger partial charge is 0.238 e. The standard InChI is InChI=1S/C20H26N4O2/c1-2-3-7-18(25)23-10-8-20(9-11-23)22-14-19(26)24(20)15-17-6-4-5-16(12-17)13-21/h4-6,12,22H,2-3,7-11,14-15H2,1H3. The van der Waals surface area contributed by atoms with E-state index in [1.165, 1.54) is 0 Å². The van der Waals surface area contributed by atoms with Crippen molar-refractivity contribution in [2.75, 3.05) is 19.6 Å². The molecule has 0 aromatic heterocycles. The third-order valence-corrected chi connectivity index (χ3v) is 5.47. The van der Waals surface area contributed by atoms with Crippen LogP contribution >= 0.6 is 0 Å². The van der Waals surface area contributed by atoms with E-state index in [4.69, 9.17) is 5.26 Å². The summed E-state index contributed by atoms with van der Waals surface area (Å²) in [4.78, 5) is 28.6. The van der Waals surface area contributed by atoms with Crippen LogP contribution in [0.2, 0.25) is 0 Å². The summed E-state index contributed by atoms with van der Waals surface area (Å²) in [6.07, 6.45) is 4.05. The number of benzene rings is 1.